The van der Waals surface area contributed by atoms with E-state index in [1.807, 2.05) is 6.07 Å². The largest absolute Gasteiger partial charge is 0.481 e. The number of aliphatic carboxylic acids is 1. The van der Waals surface area contributed by atoms with E-state index in [2.05, 4.69) is 10.3 Å². The molecule has 22 heavy (non-hydrogen) atoms. The second-order valence-electron chi connectivity index (χ2n) is 5.47. The Hall–Kier alpha value is -2.63. The van der Waals surface area contributed by atoms with Gasteiger partial charge in [-0.25, -0.2) is 4.98 Å². The molecule has 1 amide bonds. The molecule has 0 spiro atoms. The van der Waals surface area contributed by atoms with Crippen LogP contribution in [-0.4, -0.2) is 28.0 Å². The first-order chi connectivity index (χ1) is 10.6. The van der Waals surface area contributed by atoms with Gasteiger partial charge in [-0.1, -0.05) is 12.1 Å². The van der Waals surface area contributed by atoms with Gasteiger partial charge < -0.3 is 14.8 Å². The molecule has 6 heteroatoms. The van der Waals surface area contributed by atoms with Crippen molar-refractivity contribution in [2.75, 3.05) is 0 Å². The van der Waals surface area contributed by atoms with Gasteiger partial charge in [-0.05, 0) is 31.4 Å². The normalized spacial score (nSPS) is 20.7. The van der Waals surface area contributed by atoms with E-state index in [0.717, 1.165) is 5.56 Å². The molecule has 114 valence electrons. The summed E-state index contributed by atoms with van der Waals surface area (Å²) >= 11 is 0. The van der Waals surface area contributed by atoms with Crippen molar-refractivity contribution in [1.82, 2.24) is 10.3 Å². The number of oxazole rings is 1. The SMILES string of the molecule is O=C(N[C@@H]1CC[C@H](C(=O)O)C1)c1cccc(-c2cnco2)c1. The van der Waals surface area contributed by atoms with Gasteiger partial charge in [-0.15, -0.1) is 0 Å². The molecular formula is C16H16N2O4. The van der Waals surface area contributed by atoms with Gasteiger partial charge in [-0.2, -0.15) is 0 Å². The number of aromatic nitrogens is 1. The molecule has 1 aromatic heterocycles. The third kappa shape index (κ3) is 3.00. The lowest BCUT2D eigenvalue weighted by Gasteiger charge is -2.12. The molecule has 2 atom stereocenters. The Morgan fingerprint density at radius 1 is 1.32 bits per heavy atom. The molecule has 1 saturated carbocycles. The summed E-state index contributed by atoms with van der Waals surface area (Å²) in [5.41, 5.74) is 1.30. The Balaban J connectivity index is 1.68. The molecule has 1 fully saturated rings. The molecule has 0 saturated heterocycles. The van der Waals surface area contributed by atoms with E-state index in [1.165, 1.54) is 6.39 Å². The van der Waals surface area contributed by atoms with Crippen LogP contribution in [0.25, 0.3) is 11.3 Å². The third-order valence-electron chi connectivity index (χ3n) is 3.96. The van der Waals surface area contributed by atoms with Gasteiger partial charge in [-0.3, -0.25) is 9.59 Å². The van der Waals surface area contributed by atoms with Crippen molar-refractivity contribution in [2.24, 2.45) is 5.92 Å². The van der Waals surface area contributed by atoms with Crippen LogP contribution < -0.4 is 5.32 Å². The van der Waals surface area contributed by atoms with Crippen LogP contribution in [0.4, 0.5) is 0 Å². The highest BCUT2D eigenvalue weighted by molar-refractivity contribution is 5.95. The van der Waals surface area contributed by atoms with Crippen LogP contribution >= 0.6 is 0 Å². The Kier molecular flexibility index (Phi) is 3.91. The Bertz CT molecular complexity index is 681. The summed E-state index contributed by atoms with van der Waals surface area (Å²) in [6.07, 6.45) is 4.73. The van der Waals surface area contributed by atoms with Crippen LogP contribution in [-0.2, 0) is 4.79 Å². The molecule has 6 nitrogen and oxygen atoms in total. The van der Waals surface area contributed by atoms with Crippen molar-refractivity contribution in [3.8, 4) is 11.3 Å². The predicted octanol–water partition coefficient (Wildman–Crippen LogP) is 2.32. The van der Waals surface area contributed by atoms with Gasteiger partial charge in [0.25, 0.3) is 5.91 Å². The van der Waals surface area contributed by atoms with Gasteiger partial charge in [0.05, 0.1) is 12.1 Å². The number of hydrogen-bond acceptors (Lipinski definition) is 4. The zero-order chi connectivity index (χ0) is 15.5. The van der Waals surface area contributed by atoms with Gasteiger partial charge in [0.1, 0.15) is 0 Å². The summed E-state index contributed by atoms with van der Waals surface area (Å²) < 4.78 is 5.22. The van der Waals surface area contributed by atoms with Crippen LogP contribution in [0.2, 0.25) is 0 Å². The number of carbonyl (C=O) groups is 2. The minimum atomic E-state index is -0.788. The monoisotopic (exact) mass is 300 g/mol. The first-order valence-electron chi connectivity index (χ1n) is 7.16. The average molecular weight is 300 g/mol. The lowest BCUT2D eigenvalue weighted by atomic mass is 10.1. The number of rotatable bonds is 4. The van der Waals surface area contributed by atoms with E-state index in [4.69, 9.17) is 9.52 Å². The highest BCUT2D eigenvalue weighted by Crippen LogP contribution is 2.26. The van der Waals surface area contributed by atoms with Gasteiger partial charge >= 0.3 is 5.97 Å². The molecule has 1 aliphatic rings. The van der Waals surface area contributed by atoms with E-state index in [9.17, 15) is 9.59 Å². The first-order valence-corrected chi connectivity index (χ1v) is 7.16. The maximum atomic E-state index is 12.3. The molecular weight excluding hydrogens is 284 g/mol. The van der Waals surface area contributed by atoms with Crippen LogP contribution in [0.3, 0.4) is 0 Å². The summed E-state index contributed by atoms with van der Waals surface area (Å²) in [6, 6.07) is 7.00. The molecule has 0 aliphatic heterocycles. The topological polar surface area (TPSA) is 92.4 Å². The van der Waals surface area contributed by atoms with Crippen molar-refractivity contribution in [3.63, 3.8) is 0 Å². The smallest absolute Gasteiger partial charge is 0.306 e. The van der Waals surface area contributed by atoms with Crippen molar-refractivity contribution >= 4 is 11.9 Å². The van der Waals surface area contributed by atoms with Crippen LogP contribution in [0, 0.1) is 5.92 Å². The van der Waals surface area contributed by atoms with Crippen LogP contribution in [0.5, 0.6) is 0 Å². The van der Waals surface area contributed by atoms with E-state index in [-0.39, 0.29) is 17.9 Å². The number of hydrogen-bond donors (Lipinski definition) is 2. The number of benzene rings is 1. The predicted molar refractivity (Wildman–Crippen MR) is 78.2 cm³/mol. The van der Waals surface area contributed by atoms with Crippen LogP contribution in [0.1, 0.15) is 29.6 Å². The average Bonchev–Trinajstić information content (AvgIpc) is 3.19. The Labute approximate surface area is 127 Å². The van der Waals surface area contributed by atoms with Gasteiger partial charge in [0, 0.05) is 17.2 Å². The minimum Gasteiger partial charge on any atom is -0.481 e. The van der Waals surface area contributed by atoms with Gasteiger partial charge in [0.2, 0.25) is 0 Å². The minimum absolute atomic E-state index is 0.0810. The molecule has 1 heterocycles. The van der Waals surface area contributed by atoms with Crippen molar-refractivity contribution in [2.45, 2.75) is 25.3 Å². The second-order valence-corrected chi connectivity index (χ2v) is 5.47. The van der Waals surface area contributed by atoms with E-state index in [1.54, 1.807) is 24.4 Å². The molecule has 1 aromatic carbocycles. The standard InChI is InChI=1S/C16H16N2O4/c19-15(18-13-5-4-12(7-13)16(20)21)11-3-1-2-10(6-11)14-8-17-9-22-14/h1-3,6,8-9,12-13H,4-5,7H2,(H,18,19)(H,20,21)/t12-,13+/m0/s1. The fourth-order valence-electron chi connectivity index (χ4n) is 2.78. The van der Waals surface area contributed by atoms with E-state index >= 15 is 0 Å². The fourth-order valence-corrected chi connectivity index (χ4v) is 2.78. The number of carboxylic acids is 1. The summed E-state index contributed by atoms with van der Waals surface area (Å²) in [7, 11) is 0. The fraction of sp³-hybridized carbons (Fsp3) is 0.312. The molecule has 3 rings (SSSR count). The van der Waals surface area contributed by atoms with E-state index in [0.29, 0.717) is 30.6 Å². The summed E-state index contributed by atoms with van der Waals surface area (Å²) in [5, 5.41) is 11.9. The van der Waals surface area contributed by atoms with Crippen molar-refractivity contribution in [3.05, 3.63) is 42.4 Å². The van der Waals surface area contributed by atoms with Gasteiger partial charge in [0.15, 0.2) is 12.2 Å². The number of carboxylic acid groups (broad SMARTS) is 1. The number of carbonyl (C=O) groups excluding carboxylic acids is 1. The number of nitrogens with one attached hydrogen (secondary N) is 1. The third-order valence-corrected chi connectivity index (χ3v) is 3.96. The van der Waals surface area contributed by atoms with Crippen molar-refractivity contribution in [1.29, 1.82) is 0 Å². The molecule has 2 N–H and O–H groups in total. The lowest BCUT2D eigenvalue weighted by molar-refractivity contribution is -0.141. The Morgan fingerprint density at radius 3 is 2.86 bits per heavy atom. The maximum Gasteiger partial charge on any atom is 0.306 e. The van der Waals surface area contributed by atoms with Crippen LogP contribution in [0.15, 0.2) is 41.3 Å². The molecule has 2 aromatic rings. The summed E-state index contributed by atoms with van der Waals surface area (Å²) in [5.74, 6) is -0.742. The summed E-state index contributed by atoms with van der Waals surface area (Å²) in [6.45, 7) is 0. The number of amides is 1. The first kappa shape index (κ1) is 14.3. The van der Waals surface area contributed by atoms with E-state index < -0.39 is 5.97 Å². The lowest BCUT2D eigenvalue weighted by Crippen LogP contribution is -2.33. The molecule has 1 aliphatic carbocycles. The molecule has 0 unspecified atom stereocenters. The maximum absolute atomic E-state index is 12.3. The summed E-state index contributed by atoms with van der Waals surface area (Å²) in [4.78, 5) is 27.1. The molecule has 0 bridgehead atoms. The quantitative estimate of drug-likeness (QED) is 0.904. The zero-order valence-corrected chi connectivity index (χ0v) is 11.9. The Morgan fingerprint density at radius 2 is 2.18 bits per heavy atom. The number of nitrogens with zero attached hydrogens (tertiary/aromatic N) is 1. The second kappa shape index (κ2) is 6.01. The zero-order valence-electron chi connectivity index (χ0n) is 11.9. The van der Waals surface area contributed by atoms with Crippen molar-refractivity contribution < 1.29 is 19.1 Å². The molecule has 0 radical (unpaired) electrons. The highest BCUT2D eigenvalue weighted by atomic mass is 16.4. The highest BCUT2D eigenvalue weighted by Gasteiger charge is 2.30.